The highest BCUT2D eigenvalue weighted by Gasteiger charge is 2.18. The molecule has 0 aliphatic rings. The number of ether oxygens (including phenoxy) is 2. The van der Waals surface area contributed by atoms with Gasteiger partial charge >= 0.3 is 0 Å². The Labute approximate surface area is 110 Å². The van der Waals surface area contributed by atoms with Gasteiger partial charge in [-0.1, -0.05) is 6.07 Å². The van der Waals surface area contributed by atoms with Crippen LogP contribution in [0.25, 0.3) is 0 Å². The number of amides is 1. The number of rotatable bonds is 4. The molecule has 100 valence electrons. The van der Waals surface area contributed by atoms with E-state index in [1.54, 1.807) is 24.3 Å². The summed E-state index contributed by atoms with van der Waals surface area (Å²) in [4.78, 5) is 12.3. The second-order valence-electron chi connectivity index (χ2n) is 3.93. The molecule has 0 fully saturated rings. The van der Waals surface area contributed by atoms with Gasteiger partial charge in [0.1, 0.15) is 17.1 Å². The molecule has 0 radical (unpaired) electrons. The topological polar surface area (TPSA) is 76.2 Å². The van der Waals surface area contributed by atoms with Crippen molar-refractivity contribution in [3.63, 3.8) is 0 Å². The second kappa shape index (κ2) is 5.43. The van der Waals surface area contributed by atoms with E-state index in [9.17, 15) is 4.79 Å². The summed E-state index contributed by atoms with van der Waals surface area (Å²) in [5.74, 6) is 1.02. The van der Waals surface area contributed by atoms with Crippen LogP contribution < -0.4 is 14.8 Å². The standard InChI is InChI=1S/C13H15N3O3/c1-8-7-11(16-15-8)14-13(17)12-9(18-2)5-4-6-10(12)19-3/h4-7H,1-3H3,(H2,14,15,16,17). The summed E-state index contributed by atoms with van der Waals surface area (Å²) in [5.41, 5.74) is 1.20. The zero-order valence-corrected chi connectivity index (χ0v) is 11.0. The van der Waals surface area contributed by atoms with Crippen molar-refractivity contribution in [2.24, 2.45) is 0 Å². The largest absolute Gasteiger partial charge is 0.496 e. The molecule has 2 aromatic rings. The molecular weight excluding hydrogens is 246 g/mol. The van der Waals surface area contributed by atoms with Crippen molar-refractivity contribution >= 4 is 11.7 Å². The molecule has 2 N–H and O–H groups in total. The molecule has 0 saturated carbocycles. The Morgan fingerprint density at radius 1 is 1.26 bits per heavy atom. The number of carbonyl (C=O) groups is 1. The number of anilines is 1. The van der Waals surface area contributed by atoms with E-state index in [0.29, 0.717) is 22.9 Å². The van der Waals surface area contributed by atoms with Crippen LogP contribution in [0.1, 0.15) is 16.1 Å². The van der Waals surface area contributed by atoms with Gasteiger partial charge in [-0.3, -0.25) is 9.89 Å². The number of aromatic amines is 1. The molecule has 6 nitrogen and oxygen atoms in total. The van der Waals surface area contributed by atoms with E-state index in [1.165, 1.54) is 14.2 Å². The molecule has 0 unspecified atom stereocenters. The van der Waals surface area contributed by atoms with Gasteiger partial charge in [0.15, 0.2) is 5.82 Å². The smallest absolute Gasteiger partial charge is 0.264 e. The lowest BCUT2D eigenvalue weighted by atomic mass is 10.1. The number of nitrogens with one attached hydrogen (secondary N) is 2. The highest BCUT2D eigenvalue weighted by molar-refractivity contribution is 6.07. The summed E-state index contributed by atoms with van der Waals surface area (Å²) in [6, 6.07) is 6.90. The van der Waals surface area contributed by atoms with E-state index in [2.05, 4.69) is 15.5 Å². The van der Waals surface area contributed by atoms with Gasteiger partial charge < -0.3 is 14.8 Å². The minimum atomic E-state index is -0.333. The SMILES string of the molecule is COc1cccc(OC)c1C(=O)Nc1cc(C)[nH]n1. The molecule has 19 heavy (non-hydrogen) atoms. The zero-order valence-electron chi connectivity index (χ0n) is 11.0. The van der Waals surface area contributed by atoms with Crippen molar-refractivity contribution in [3.8, 4) is 11.5 Å². The minimum Gasteiger partial charge on any atom is -0.496 e. The Bertz CT molecular complexity index is 570. The molecule has 2 rings (SSSR count). The van der Waals surface area contributed by atoms with Crippen molar-refractivity contribution in [1.82, 2.24) is 10.2 Å². The summed E-state index contributed by atoms with van der Waals surface area (Å²) in [5, 5.41) is 9.40. The molecule has 0 aliphatic heterocycles. The highest BCUT2D eigenvalue weighted by Crippen LogP contribution is 2.28. The normalized spacial score (nSPS) is 10.1. The van der Waals surface area contributed by atoms with Crippen molar-refractivity contribution in [1.29, 1.82) is 0 Å². The van der Waals surface area contributed by atoms with Crippen LogP contribution in [0.2, 0.25) is 0 Å². The minimum absolute atomic E-state index is 0.333. The van der Waals surface area contributed by atoms with E-state index < -0.39 is 0 Å². The van der Waals surface area contributed by atoms with E-state index in [0.717, 1.165) is 5.69 Å². The van der Waals surface area contributed by atoms with Crippen LogP contribution in [0.4, 0.5) is 5.82 Å². The quantitative estimate of drug-likeness (QED) is 0.882. The predicted octanol–water partition coefficient (Wildman–Crippen LogP) is 1.99. The van der Waals surface area contributed by atoms with Gasteiger partial charge in [-0.25, -0.2) is 0 Å². The fourth-order valence-corrected chi connectivity index (χ4v) is 1.74. The van der Waals surface area contributed by atoms with Gasteiger partial charge in [-0.15, -0.1) is 0 Å². The number of carbonyl (C=O) groups excluding carboxylic acids is 1. The Kier molecular flexibility index (Phi) is 3.70. The van der Waals surface area contributed by atoms with Crippen LogP contribution >= 0.6 is 0 Å². The van der Waals surface area contributed by atoms with Crippen molar-refractivity contribution in [3.05, 3.63) is 35.5 Å². The lowest BCUT2D eigenvalue weighted by molar-refractivity contribution is 0.102. The Hall–Kier alpha value is -2.50. The Morgan fingerprint density at radius 3 is 2.37 bits per heavy atom. The molecule has 0 aliphatic carbocycles. The first-order chi connectivity index (χ1) is 9.15. The van der Waals surface area contributed by atoms with Gasteiger partial charge in [0.05, 0.1) is 14.2 Å². The number of methoxy groups -OCH3 is 2. The number of benzene rings is 1. The van der Waals surface area contributed by atoms with Gasteiger partial charge in [0, 0.05) is 11.8 Å². The van der Waals surface area contributed by atoms with Crippen LogP contribution in [0, 0.1) is 6.92 Å². The van der Waals surface area contributed by atoms with Crippen molar-refractivity contribution in [2.75, 3.05) is 19.5 Å². The van der Waals surface area contributed by atoms with Gasteiger partial charge in [0.25, 0.3) is 5.91 Å². The van der Waals surface area contributed by atoms with E-state index in [4.69, 9.17) is 9.47 Å². The molecule has 1 amide bonds. The zero-order chi connectivity index (χ0) is 13.8. The van der Waals surface area contributed by atoms with E-state index in [-0.39, 0.29) is 5.91 Å². The summed E-state index contributed by atoms with van der Waals surface area (Å²) in [7, 11) is 3.01. The van der Waals surface area contributed by atoms with Crippen LogP contribution in [0.5, 0.6) is 11.5 Å². The fraction of sp³-hybridized carbons (Fsp3) is 0.231. The predicted molar refractivity (Wildman–Crippen MR) is 70.8 cm³/mol. The van der Waals surface area contributed by atoms with Crippen LogP contribution in [0.15, 0.2) is 24.3 Å². The molecule has 0 spiro atoms. The van der Waals surface area contributed by atoms with E-state index >= 15 is 0 Å². The highest BCUT2D eigenvalue weighted by atomic mass is 16.5. The Morgan fingerprint density at radius 2 is 1.89 bits per heavy atom. The summed E-state index contributed by atoms with van der Waals surface area (Å²) < 4.78 is 10.4. The molecule has 1 heterocycles. The molecule has 1 aromatic carbocycles. The van der Waals surface area contributed by atoms with Crippen LogP contribution in [-0.4, -0.2) is 30.3 Å². The first-order valence-electron chi connectivity index (χ1n) is 5.70. The maximum atomic E-state index is 12.3. The number of nitrogens with zero attached hydrogens (tertiary/aromatic N) is 1. The number of aromatic nitrogens is 2. The number of hydrogen-bond donors (Lipinski definition) is 2. The van der Waals surface area contributed by atoms with Crippen molar-refractivity contribution < 1.29 is 14.3 Å². The maximum absolute atomic E-state index is 12.3. The molecule has 1 aromatic heterocycles. The molecule has 0 bridgehead atoms. The average Bonchev–Trinajstić information content (AvgIpc) is 2.82. The Balaban J connectivity index is 2.32. The molecular formula is C13H15N3O3. The van der Waals surface area contributed by atoms with Gasteiger partial charge in [-0.2, -0.15) is 5.10 Å². The lowest BCUT2D eigenvalue weighted by Crippen LogP contribution is -2.14. The number of H-pyrrole nitrogens is 1. The summed E-state index contributed by atoms with van der Waals surface area (Å²) >= 11 is 0. The fourth-order valence-electron chi connectivity index (χ4n) is 1.74. The summed E-state index contributed by atoms with van der Waals surface area (Å²) in [6.45, 7) is 1.85. The average molecular weight is 261 g/mol. The number of hydrogen-bond acceptors (Lipinski definition) is 4. The third kappa shape index (κ3) is 2.67. The third-order valence-corrected chi connectivity index (χ3v) is 2.60. The summed E-state index contributed by atoms with van der Waals surface area (Å²) in [6.07, 6.45) is 0. The van der Waals surface area contributed by atoms with Gasteiger partial charge in [-0.05, 0) is 19.1 Å². The number of aryl methyl sites for hydroxylation is 1. The lowest BCUT2D eigenvalue weighted by Gasteiger charge is -2.11. The van der Waals surface area contributed by atoms with Crippen molar-refractivity contribution in [2.45, 2.75) is 6.92 Å². The van der Waals surface area contributed by atoms with Crippen LogP contribution in [0.3, 0.4) is 0 Å². The maximum Gasteiger partial charge on any atom is 0.264 e. The first-order valence-corrected chi connectivity index (χ1v) is 5.70. The van der Waals surface area contributed by atoms with E-state index in [1.807, 2.05) is 6.92 Å². The third-order valence-electron chi connectivity index (χ3n) is 2.60. The molecule has 0 saturated heterocycles. The monoisotopic (exact) mass is 261 g/mol. The van der Waals surface area contributed by atoms with Gasteiger partial charge in [0.2, 0.25) is 0 Å². The first kappa shape index (κ1) is 12.9. The van der Waals surface area contributed by atoms with Crippen LogP contribution in [-0.2, 0) is 0 Å². The molecule has 6 heteroatoms. The second-order valence-corrected chi connectivity index (χ2v) is 3.93. The molecule has 0 atom stereocenters.